The van der Waals surface area contributed by atoms with Gasteiger partial charge in [0.25, 0.3) is 0 Å². The van der Waals surface area contributed by atoms with E-state index in [0.29, 0.717) is 42.7 Å². The van der Waals surface area contributed by atoms with E-state index in [4.69, 9.17) is 4.52 Å². The van der Waals surface area contributed by atoms with Crippen LogP contribution in [-0.2, 0) is 14.8 Å². The highest BCUT2D eigenvalue weighted by Crippen LogP contribution is 2.20. The molecule has 27 heavy (non-hydrogen) atoms. The molecular weight excluding hydrogens is 368 g/mol. The minimum absolute atomic E-state index is 0.184. The number of benzene rings is 1. The summed E-state index contributed by atoms with van der Waals surface area (Å²) < 4.78 is 32.1. The summed E-state index contributed by atoms with van der Waals surface area (Å²) in [5, 5.41) is 6.40. The summed E-state index contributed by atoms with van der Waals surface area (Å²) in [4.78, 5) is 14.3. The number of rotatable bonds is 5. The van der Waals surface area contributed by atoms with Crippen molar-refractivity contribution in [2.45, 2.75) is 25.7 Å². The number of sulfonamides is 1. The minimum atomic E-state index is -3.52. The van der Waals surface area contributed by atoms with Crippen molar-refractivity contribution in [1.29, 1.82) is 0 Å². The van der Waals surface area contributed by atoms with Crippen molar-refractivity contribution in [2.24, 2.45) is 0 Å². The minimum Gasteiger partial charge on any atom is -0.360 e. The number of nitrogens with zero attached hydrogens (tertiary/aromatic N) is 3. The summed E-state index contributed by atoms with van der Waals surface area (Å²) >= 11 is 0. The second-order valence-corrected chi connectivity index (χ2v) is 8.74. The monoisotopic (exact) mass is 392 g/mol. The van der Waals surface area contributed by atoms with Crippen LogP contribution in [0.2, 0.25) is 0 Å². The molecule has 1 aliphatic rings. The van der Waals surface area contributed by atoms with Gasteiger partial charge >= 0.3 is 0 Å². The zero-order valence-corrected chi connectivity index (χ0v) is 16.5. The molecule has 0 atom stereocenters. The van der Waals surface area contributed by atoms with Gasteiger partial charge in [0.15, 0.2) is 5.82 Å². The molecule has 0 spiro atoms. The Kier molecular flexibility index (Phi) is 5.64. The number of anilines is 1. The van der Waals surface area contributed by atoms with E-state index in [9.17, 15) is 13.2 Å². The van der Waals surface area contributed by atoms with Crippen molar-refractivity contribution in [3.8, 4) is 0 Å². The first-order valence-electron chi connectivity index (χ1n) is 8.78. The van der Waals surface area contributed by atoms with Crippen LogP contribution < -0.4 is 5.32 Å². The van der Waals surface area contributed by atoms with Crippen LogP contribution in [0.25, 0.3) is 0 Å². The van der Waals surface area contributed by atoms with Crippen LogP contribution in [0.3, 0.4) is 0 Å². The second-order valence-electron chi connectivity index (χ2n) is 6.80. The maximum absolute atomic E-state index is 12.8. The molecule has 0 saturated carbocycles. The number of nitrogens with one attached hydrogen (secondary N) is 1. The van der Waals surface area contributed by atoms with E-state index in [2.05, 4.69) is 10.5 Å². The van der Waals surface area contributed by atoms with Crippen molar-refractivity contribution in [1.82, 2.24) is 14.4 Å². The van der Waals surface area contributed by atoms with Gasteiger partial charge in [-0.3, -0.25) is 9.69 Å². The van der Waals surface area contributed by atoms with Gasteiger partial charge in [0, 0.05) is 32.2 Å². The Morgan fingerprint density at radius 1 is 1.11 bits per heavy atom. The largest absolute Gasteiger partial charge is 0.360 e. The SMILES string of the molecule is Cc1cc(NC(=O)CN2CCN(S(=O)(=O)c3ccc(C)c(C)c3)CC2)no1. The van der Waals surface area contributed by atoms with Gasteiger partial charge in [-0.2, -0.15) is 4.31 Å². The number of piperazine rings is 1. The lowest BCUT2D eigenvalue weighted by atomic mass is 10.1. The number of aryl methyl sites for hydroxylation is 3. The van der Waals surface area contributed by atoms with Gasteiger partial charge in [-0.05, 0) is 44.0 Å². The third kappa shape index (κ3) is 4.55. The normalized spacial score (nSPS) is 16.4. The Labute approximate surface area is 159 Å². The lowest BCUT2D eigenvalue weighted by molar-refractivity contribution is -0.117. The quantitative estimate of drug-likeness (QED) is 0.829. The van der Waals surface area contributed by atoms with Crippen LogP contribution in [0.4, 0.5) is 5.82 Å². The molecule has 1 aromatic heterocycles. The fraction of sp³-hybridized carbons (Fsp3) is 0.444. The zero-order valence-electron chi connectivity index (χ0n) is 15.7. The topological polar surface area (TPSA) is 95.8 Å². The van der Waals surface area contributed by atoms with E-state index in [0.717, 1.165) is 11.1 Å². The predicted octanol–water partition coefficient (Wildman–Crippen LogP) is 1.54. The lowest BCUT2D eigenvalue weighted by Crippen LogP contribution is -2.50. The van der Waals surface area contributed by atoms with Crippen molar-refractivity contribution in [3.05, 3.63) is 41.2 Å². The van der Waals surface area contributed by atoms with Crippen molar-refractivity contribution in [2.75, 3.05) is 38.0 Å². The molecule has 2 heterocycles. The van der Waals surface area contributed by atoms with Gasteiger partial charge in [-0.15, -0.1) is 0 Å². The number of aromatic nitrogens is 1. The molecule has 0 aliphatic carbocycles. The highest BCUT2D eigenvalue weighted by molar-refractivity contribution is 7.89. The molecule has 8 nitrogen and oxygen atoms in total. The third-order valence-corrected chi connectivity index (χ3v) is 6.60. The molecule has 1 aromatic carbocycles. The molecule has 1 aliphatic heterocycles. The molecule has 0 unspecified atom stereocenters. The van der Waals surface area contributed by atoms with Gasteiger partial charge in [0.1, 0.15) is 5.76 Å². The highest BCUT2D eigenvalue weighted by Gasteiger charge is 2.29. The fourth-order valence-corrected chi connectivity index (χ4v) is 4.47. The molecule has 3 rings (SSSR count). The van der Waals surface area contributed by atoms with Gasteiger partial charge in [-0.25, -0.2) is 8.42 Å². The summed E-state index contributed by atoms with van der Waals surface area (Å²) in [5.74, 6) is 0.803. The Hall–Kier alpha value is -2.23. The summed E-state index contributed by atoms with van der Waals surface area (Å²) in [6, 6.07) is 6.84. The number of hydrogen-bond acceptors (Lipinski definition) is 6. The average Bonchev–Trinajstić information content (AvgIpc) is 3.02. The second kappa shape index (κ2) is 7.79. The summed E-state index contributed by atoms with van der Waals surface area (Å²) in [6.07, 6.45) is 0. The van der Waals surface area contributed by atoms with Crippen LogP contribution in [-0.4, -0.2) is 61.4 Å². The summed E-state index contributed by atoms with van der Waals surface area (Å²) in [7, 11) is -3.52. The van der Waals surface area contributed by atoms with Crippen LogP contribution in [0.15, 0.2) is 33.7 Å². The molecular formula is C18H24N4O4S. The van der Waals surface area contributed by atoms with Gasteiger partial charge in [0.2, 0.25) is 15.9 Å². The lowest BCUT2D eigenvalue weighted by Gasteiger charge is -2.33. The van der Waals surface area contributed by atoms with E-state index in [-0.39, 0.29) is 12.5 Å². The zero-order chi connectivity index (χ0) is 19.6. The first-order valence-corrected chi connectivity index (χ1v) is 10.2. The van der Waals surface area contributed by atoms with Crippen LogP contribution >= 0.6 is 0 Å². The number of carbonyl (C=O) groups is 1. The first-order chi connectivity index (χ1) is 12.8. The number of amides is 1. The van der Waals surface area contributed by atoms with Gasteiger partial charge in [0.05, 0.1) is 11.4 Å². The van der Waals surface area contributed by atoms with Crippen molar-refractivity contribution < 1.29 is 17.7 Å². The van der Waals surface area contributed by atoms with Crippen molar-refractivity contribution in [3.63, 3.8) is 0 Å². The molecule has 1 N–H and O–H groups in total. The molecule has 1 saturated heterocycles. The number of hydrogen-bond donors (Lipinski definition) is 1. The maximum Gasteiger partial charge on any atom is 0.243 e. The molecule has 0 radical (unpaired) electrons. The van der Waals surface area contributed by atoms with Crippen molar-refractivity contribution >= 4 is 21.7 Å². The Balaban J connectivity index is 1.56. The van der Waals surface area contributed by atoms with E-state index in [1.54, 1.807) is 25.1 Å². The van der Waals surface area contributed by atoms with E-state index >= 15 is 0 Å². The van der Waals surface area contributed by atoms with Crippen LogP contribution in [0, 0.1) is 20.8 Å². The molecule has 2 aromatic rings. The molecule has 9 heteroatoms. The Morgan fingerprint density at radius 2 is 1.81 bits per heavy atom. The average molecular weight is 392 g/mol. The predicted molar refractivity (Wildman–Crippen MR) is 101 cm³/mol. The summed E-state index contributed by atoms with van der Waals surface area (Å²) in [6.45, 7) is 7.49. The summed E-state index contributed by atoms with van der Waals surface area (Å²) in [5.41, 5.74) is 2.02. The Bertz CT molecular complexity index is 931. The Morgan fingerprint density at radius 3 is 2.41 bits per heavy atom. The highest BCUT2D eigenvalue weighted by atomic mass is 32.2. The molecule has 1 fully saturated rings. The molecule has 1 amide bonds. The standard InChI is InChI=1S/C18H24N4O4S/c1-13-4-5-16(10-14(13)2)27(24,25)22-8-6-21(7-9-22)12-18(23)19-17-11-15(3)26-20-17/h4-5,10-11H,6-9,12H2,1-3H3,(H,19,20,23). The van der Waals surface area contributed by atoms with Crippen LogP contribution in [0.5, 0.6) is 0 Å². The first kappa shape index (κ1) is 19.5. The maximum atomic E-state index is 12.8. The molecule has 0 bridgehead atoms. The van der Waals surface area contributed by atoms with Gasteiger partial charge < -0.3 is 9.84 Å². The van der Waals surface area contributed by atoms with E-state index < -0.39 is 10.0 Å². The van der Waals surface area contributed by atoms with E-state index in [1.807, 2.05) is 24.8 Å². The van der Waals surface area contributed by atoms with E-state index in [1.165, 1.54) is 4.31 Å². The van der Waals surface area contributed by atoms with Gasteiger partial charge in [-0.1, -0.05) is 11.2 Å². The fourth-order valence-electron chi connectivity index (χ4n) is 2.96. The number of carbonyl (C=O) groups excluding carboxylic acids is 1. The van der Waals surface area contributed by atoms with Crippen LogP contribution in [0.1, 0.15) is 16.9 Å². The smallest absolute Gasteiger partial charge is 0.243 e. The third-order valence-electron chi connectivity index (χ3n) is 4.71. The molecule has 146 valence electrons.